The van der Waals surface area contributed by atoms with Gasteiger partial charge in [0, 0.05) is 19.7 Å². The number of rotatable bonds is 1. The number of nitrogens with zero attached hydrogens (tertiary/aromatic N) is 2. The molecule has 2 N–H and O–H groups in total. The van der Waals surface area contributed by atoms with E-state index in [1.54, 1.807) is 20.2 Å². The van der Waals surface area contributed by atoms with Gasteiger partial charge >= 0.3 is 0 Å². The SMILES string of the molecule is Cc1cn(C)nc1C1(N)CC1(F)F. The molecule has 0 saturated heterocycles. The zero-order valence-corrected chi connectivity index (χ0v) is 7.51. The summed E-state index contributed by atoms with van der Waals surface area (Å²) in [6.45, 7) is 1.74. The summed E-state index contributed by atoms with van der Waals surface area (Å²) in [5, 5.41) is 3.95. The van der Waals surface area contributed by atoms with E-state index in [0.29, 0.717) is 5.69 Å². The molecule has 13 heavy (non-hydrogen) atoms. The van der Waals surface area contributed by atoms with E-state index in [-0.39, 0.29) is 6.42 Å². The van der Waals surface area contributed by atoms with Crippen molar-refractivity contribution in [2.75, 3.05) is 0 Å². The van der Waals surface area contributed by atoms with Crippen molar-refractivity contribution in [3.63, 3.8) is 0 Å². The highest BCUT2D eigenvalue weighted by Gasteiger charge is 2.71. The molecule has 1 heterocycles. The van der Waals surface area contributed by atoms with Gasteiger partial charge in [-0.15, -0.1) is 0 Å². The largest absolute Gasteiger partial charge is 0.315 e. The lowest BCUT2D eigenvalue weighted by Crippen LogP contribution is -2.28. The fourth-order valence-electron chi connectivity index (χ4n) is 1.61. The van der Waals surface area contributed by atoms with Crippen molar-refractivity contribution >= 4 is 0 Å². The Kier molecular flexibility index (Phi) is 1.39. The maximum absolute atomic E-state index is 12.9. The molecule has 5 heteroatoms. The molecular formula is C8H11F2N3. The highest BCUT2D eigenvalue weighted by atomic mass is 19.3. The zero-order chi connectivity index (χ0) is 9.85. The molecule has 1 fully saturated rings. The molecule has 1 aromatic heterocycles. The van der Waals surface area contributed by atoms with Crippen LogP contribution in [0.5, 0.6) is 0 Å². The summed E-state index contributed by atoms with van der Waals surface area (Å²) in [5.74, 6) is -2.79. The number of hydrogen-bond donors (Lipinski definition) is 1. The van der Waals surface area contributed by atoms with E-state index in [1.165, 1.54) is 4.68 Å². The van der Waals surface area contributed by atoms with Gasteiger partial charge in [-0.25, -0.2) is 8.78 Å². The molecule has 0 aliphatic heterocycles. The van der Waals surface area contributed by atoms with Crippen LogP contribution in [0.15, 0.2) is 6.20 Å². The average molecular weight is 187 g/mol. The molecule has 1 atom stereocenters. The van der Waals surface area contributed by atoms with Gasteiger partial charge in [-0.3, -0.25) is 4.68 Å². The van der Waals surface area contributed by atoms with Gasteiger partial charge in [0.2, 0.25) is 0 Å². The van der Waals surface area contributed by atoms with E-state index in [0.717, 1.165) is 5.56 Å². The van der Waals surface area contributed by atoms with Gasteiger partial charge < -0.3 is 5.73 Å². The fourth-order valence-corrected chi connectivity index (χ4v) is 1.61. The summed E-state index contributed by atoms with van der Waals surface area (Å²) in [5.41, 5.74) is 5.06. The normalized spacial score (nSPS) is 30.5. The Labute approximate surface area is 74.5 Å². The van der Waals surface area contributed by atoms with E-state index in [4.69, 9.17) is 5.73 Å². The molecule has 3 nitrogen and oxygen atoms in total. The van der Waals surface area contributed by atoms with Gasteiger partial charge in [0.15, 0.2) is 0 Å². The summed E-state index contributed by atoms with van der Waals surface area (Å²) >= 11 is 0. The van der Waals surface area contributed by atoms with Crippen molar-refractivity contribution in [2.45, 2.75) is 24.8 Å². The topological polar surface area (TPSA) is 43.8 Å². The van der Waals surface area contributed by atoms with Crippen molar-refractivity contribution in [2.24, 2.45) is 12.8 Å². The molecule has 1 aromatic rings. The van der Waals surface area contributed by atoms with E-state index < -0.39 is 11.5 Å². The van der Waals surface area contributed by atoms with Crippen LogP contribution in [-0.4, -0.2) is 15.7 Å². The third-order valence-electron chi connectivity index (χ3n) is 2.46. The van der Waals surface area contributed by atoms with Crippen LogP contribution in [0.25, 0.3) is 0 Å². The lowest BCUT2D eigenvalue weighted by molar-refractivity contribution is 0.0878. The standard InChI is InChI=1S/C8H11F2N3/c1-5-3-13(2)12-6(5)7(11)4-8(7,9)10/h3H,4,11H2,1-2H3. The Morgan fingerprint density at radius 2 is 2.15 bits per heavy atom. The summed E-state index contributed by atoms with van der Waals surface area (Å²) < 4.78 is 27.3. The monoisotopic (exact) mass is 187 g/mol. The number of alkyl halides is 2. The Hall–Kier alpha value is -0.970. The first-order valence-corrected chi connectivity index (χ1v) is 4.04. The Bertz CT molecular complexity index is 358. The number of aryl methyl sites for hydroxylation is 2. The number of halogens is 2. The molecule has 0 spiro atoms. The maximum atomic E-state index is 12.9. The van der Waals surface area contributed by atoms with Crippen LogP contribution in [0.4, 0.5) is 8.78 Å². The summed E-state index contributed by atoms with van der Waals surface area (Å²) in [7, 11) is 1.69. The van der Waals surface area contributed by atoms with Gasteiger partial charge in [0.25, 0.3) is 5.92 Å². The quantitative estimate of drug-likeness (QED) is 0.710. The first kappa shape index (κ1) is 8.62. The minimum absolute atomic E-state index is 0.294. The third-order valence-corrected chi connectivity index (χ3v) is 2.46. The molecule has 0 bridgehead atoms. The predicted octanol–water partition coefficient (Wildman–Crippen LogP) is 0.922. The lowest BCUT2D eigenvalue weighted by atomic mass is 10.1. The molecular weight excluding hydrogens is 176 g/mol. The molecule has 0 aromatic carbocycles. The van der Waals surface area contributed by atoms with Crippen molar-refractivity contribution in [3.05, 3.63) is 17.5 Å². The Balaban J connectivity index is 2.43. The second kappa shape index (κ2) is 2.09. The smallest absolute Gasteiger partial charge is 0.274 e. The van der Waals surface area contributed by atoms with Crippen molar-refractivity contribution in [3.8, 4) is 0 Å². The number of hydrogen-bond acceptors (Lipinski definition) is 2. The minimum atomic E-state index is -2.79. The maximum Gasteiger partial charge on any atom is 0.274 e. The predicted molar refractivity (Wildman–Crippen MR) is 43.4 cm³/mol. The molecule has 1 unspecified atom stereocenters. The van der Waals surface area contributed by atoms with E-state index in [1.807, 2.05) is 0 Å². The van der Waals surface area contributed by atoms with Crippen LogP contribution in [0, 0.1) is 6.92 Å². The second-order valence-electron chi connectivity index (χ2n) is 3.69. The molecule has 1 saturated carbocycles. The first-order valence-electron chi connectivity index (χ1n) is 4.04. The Morgan fingerprint density at radius 1 is 1.62 bits per heavy atom. The summed E-state index contributed by atoms with van der Waals surface area (Å²) in [4.78, 5) is 0. The molecule has 1 aliphatic rings. The van der Waals surface area contributed by atoms with Crippen LogP contribution in [0.3, 0.4) is 0 Å². The second-order valence-corrected chi connectivity index (χ2v) is 3.69. The van der Waals surface area contributed by atoms with Gasteiger partial charge in [0.1, 0.15) is 5.54 Å². The third kappa shape index (κ3) is 0.997. The van der Waals surface area contributed by atoms with Crippen LogP contribution in [0.1, 0.15) is 17.7 Å². The minimum Gasteiger partial charge on any atom is -0.315 e. The highest BCUT2D eigenvalue weighted by Crippen LogP contribution is 2.57. The van der Waals surface area contributed by atoms with Crippen molar-refractivity contribution < 1.29 is 8.78 Å². The van der Waals surface area contributed by atoms with Crippen LogP contribution < -0.4 is 5.73 Å². The van der Waals surface area contributed by atoms with Crippen molar-refractivity contribution in [1.82, 2.24) is 9.78 Å². The molecule has 1 aliphatic carbocycles. The Morgan fingerprint density at radius 3 is 2.46 bits per heavy atom. The van der Waals surface area contributed by atoms with Crippen LogP contribution in [0.2, 0.25) is 0 Å². The van der Waals surface area contributed by atoms with Gasteiger partial charge in [-0.1, -0.05) is 0 Å². The van der Waals surface area contributed by atoms with E-state index in [9.17, 15) is 8.78 Å². The van der Waals surface area contributed by atoms with Gasteiger partial charge in [-0.05, 0) is 12.5 Å². The molecule has 2 rings (SSSR count). The molecule has 0 radical (unpaired) electrons. The zero-order valence-electron chi connectivity index (χ0n) is 7.51. The van der Waals surface area contributed by atoms with Crippen LogP contribution in [-0.2, 0) is 12.6 Å². The van der Waals surface area contributed by atoms with Gasteiger partial charge in [0.05, 0.1) is 5.69 Å². The number of aromatic nitrogens is 2. The first-order chi connectivity index (χ1) is 5.87. The molecule has 0 amide bonds. The fraction of sp³-hybridized carbons (Fsp3) is 0.625. The van der Waals surface area contributed by atoms with E-state index >= 15 is 0 Å². The van der Waals surface area contributed by atoms with Crippen molar-refractivity contribution in [1.29, 1.82) is 0 Å². The molecule has 72 valence electrons. The lowest BCUT2D eigenvalue weighted by Gasteiger charge is -2.07. The van der Waals surface area contributed by atoms with Gasteiger partial charge in [-0.2, -0.15) is 5.10 Å². The average Bonchev–Trinajstić information content (AvgIpc) is 2.34. The summed E-state index contributed by atoms with van der Waals surface area (Å²) in [6.07, 6.45) is 1.40. The highest BCUT2D eigenvalue weighted by molar-refractivity contribution is 5.35. The van der Waals surface area contributed by atoms with Crippen LogP contribution >= 0.6 is 0 Å². The van der Waals surface area contributed by atoms with E-state index in [2.05, 4.69) is 5.10 Å². The number of nitrogens with two attached hydrogens (primary N) is 1. The summed E-state index contributed by atoms with van der Waals surface area (Å²) in [6, 6.07) is 0.